The average Bonchev–Trinajstić information content (AvgIpc) is 2.97. The summed E-state index contributed by atoms with van der Waals surface area (Å²) < 4.78 is 18.6. The number of carbonyl (C=O) groups is 2. The fourth-order valence-corrected chi connectivity index (χ4v) is 2.94. The van der Waals surface area contributed by atoms with E-state index in [0.717, 1.165) is 17.0 Å². The molecule has 6 heteroatoms. The molecule has 1 N–H and O–H groups in total. The Labute approximate surface area is 145 Å². The summed E-state index contributed by atoms with van der Waals surface area (Å²) in [5.74, 6) is -1.47. The SMILES string of the molecule is C[C@H](OC(=O)c1ccc(F)cc1Br)C(=O)c1c[nH]c2ccccc12. The summed E-state index contributed by atoms with van der Waals surface area (Å²) in [6, 6.07) is 11.0. The van der Waals surface area contributed by atoms with E-state index >= 15 is 0 Å². The molecule has 24 heavy (non-hydrogen) atoms. The Hall–Kier alpha value is -2.47. The second-order valence-corrected chi connectivity index (χ2v) is 6.14. The zero-order valence-corrected chi connectivity index (χ0v) is 14.3. The summed E-state index contributed by atoms with van der Waals surface area (Å²) in [7, 11) is 0. The number of esters is 1. The highest BCUT2D eigenvalue weighted by molar-refractivity contribution is 9.10. The van der Waals surface area contributed by atoms with Crippen LogP contribution in [0.15, 0.2) is 53.1 Å². The van der Waals surface area contributed by atoms with Gasteiger partial charge in [0.15, 0.2) is 6.10 Å². The van der Waals surface area contributed by atoms with Crippen LogP contribution in [-0.4, -0.2) is 22.8 Å². The first kappa shape index (κ1) is 16.4. The van der Waals surface area contributed by atoms with Gasteiger partial charge in [0.25, 0.3) is 0 Å². The van der Waals surface area contributed by atoms with Crippen LogP contribution in [0.1, 0.15) is 27.6 Å². The number of halogens is 2. The largest absolute Gasteiger partial charge is 0.451 e. The summed E-state index contributed by atoms with van der Waals surface area (Å²) >= 11 is 3.12. The molecule has 0 saturated heterocycles. The van der Waals surface area contributed by atoms with E-state index in [2.05, 4.69) is 20.9 Å². The number of para-hydroxylation sites is 1. The molecule has 0 saturated carbocycles. The second-order valence-electron chi connectivity index (χ2n) is 5.28. The molecular weight excluding hydrogens is 377 g/mol. The van der Waals surface area contributed by atoms with E-state index in [-0.39, 0.29) is 15.8 Å². The Morgan fingerprint density at radius 1 is 1.17 bits per heavy atom. The molecule has 0 aliphatic heterocycles. The smallest absolute Gasteiger partial charge is 0.340 e. The zero-order chi connectivity index (χ0) is 17.3. The summed E-state index contributed by atoms with van der Waals surface area (Å²) in [6.07, 6.45) is 0.638. The van der Waals surface area contributed by atoms with Gasteiger partial charge in [-0.3, -0.25) is 4.79 Å². The number of H-pyrrole nitrogens is 1. The van der Waals surface area contributed by atoms with Crippen molar-refractivity contribution < 1.29 is 18.7 Å². The van der Waals surface area contributed by atoms with Gasteiger partial charge in [0.2, 0.25) is 5.78 Å². The molecular formula is C18H13BrFNO3. The number of hydrogen-bond acceptors (Lipinski definition) is 3. The third kappa shape index (κ3) is 3.10. The lowest BCUT2D eigenvalue weighted by molar-refractivity contribution is 0.0318. The Morgan fingerprint density at radius 3 is 2.67 bits per heavy atom. The van der Waals surface area contributed by atoms with Gasteiger partial charge in [0.1, 0.15) is 5.82 Å². The van der Waals surface area contributed by atoms with Gasteiger partial charge in [-0.05, 0) is 47.1 Å². The predicted molar refractivity (Wildman–Crippen MR) is 91.6 cm³/mol. The maximum atomic E-state index is 13.1. The predicted octanol–water partition coefficient (Wildman–Crippen LogP) is 4.50. The number of aromatic nitrogens is 1. The van der Waals surface area contributed by atoms with Crippen LogP contribution >= 0.6 is 15.9 Å². The van der Waals surface area contributed by atoms with Crippen LogP contribution in [0.25, 0.3) is 10.9 Å². The van der Waals surface area contributed by atoms with Crippen molar-refractivity contribution in [3.8, 4) is 0 Å². The van der Waals surface area contributed by atoms with Crippen molar-refractivity contribution in [3.63, 3.8) is 0 Å². The minimum atomic E-state index is -0.964. The van der Waals surface area contributed by atoms with Gasteiger partial charge in [-0.2, -0.15) is 0 Å². The topological polar surface area (TPSA) is 59.2 Å². The number of Topliss-reactive ketones (excluding diaryl/α,β-unsaturated/α-hetero) is 1. The Balaban J connectivity index is 1.80. The van der Waals surface area contributed by atoms with Gasteiger partial charge in [-0.1, -0.05) is 18.2 Å². The highest BCUT2D eigenvalue weighted by Crippen LogP contribution is 2.22. The van der Waals surface area contributed by atoms with Crippen molar-refractivity contribution in [2.24, 2.45) is 0 Å². The van der Waals surface area contributed by atoms with Crippen LogP contribution in [0.5, 0.6) is 0 Å². The standard InChI is InChI=1S/C18H13BrFNO3/c1-10(24-18(23)13-7-6-11(20)8-15(13)19)17(22)14-9-21-16-5-3-2-4-12(14)16/h2-10,21H,1H3/t10-/m0/s1. The maximum absolute atomic E-state index is 13.1. The van der Waals surface area contributed by atoms with Crippen molar-refractivity contribution in [3.05, 3.63) is 70.1 Å². The van der Waals surface area contributed by atoms with E-state index in [0.29, 0.717) is 5.56 Å². The molecule has 3 rings (SSSR count). The number of ether oxygens (including phenoxy) is 1. The number of hydrogen-bond donors (Lipinski definition) is 1. The first-order valence-electron chi connectivity index (χ1n) is 7.23. The first-order valence-corrected chi connectivity index (χ1v) is 8.03. The Bertz CT molecular complexity index is 935. The van der Waals surface area contributed by atoms with Gasteiger partial charge in [-0.25, -0.2) is 9.18 Å². The van der Waals surface area contributed by atoms with E-state index in [9.17, 15) is 14.0 Å². The molecule has 122 valence electrons. The van der Waals surface area contributed by atoms with Crippen molar-refractivity contribution in [2.45, 2.75) is 13.0 Å². The van der Waals surface area contributed by atoms with Gasteiger partial charge < -0.3 is 9.72 Å². The van der Waals surface area contributed by atoms with E-state index in [4.69, 9.17) is 4.74 Å². The molecule has 4 nitrogen and oxygen atoms in total. The number of aromatic amines is 1. The maximum Gasteiger partial charge on any atom is 0.340 e. The zero-order valence-electron chi connectivity index (χ0n) is 12.7. The molecule has 0 unspecified atom stereocenters. The van der Waals surface area contributed by atoms with Crippen molar-refractivity contribution in [2.75, 3.05) is 0 Å². The fourth-order valence-electron chi connectivity index (χ4n) is 2.43. The molecule has 0 aliphatic carbocycles. The minimum absolute atomic E-state index is 0.162. The number of ketones is 1. The average molecular weight is 390 g/mol. The highest BCUT2D eigenvalue weighted by Gasteiger charge is 2.23. The molecule has 0 radical (unpaired) electrons. The lowest BCUT2D eigenvalue weighted by Crippen LogP contribution is -2.24. The molecule has 0 amide bonds. The van der Waals surface area contributed by atoms with Crippen molar-refractivity contribution in [1.82, 2.24) is 4.98 Å². The fraction of sp³-hybridized carbons (Fsp3) is 0.111. The number of rotatable bonds is 4. The van der Waals surface area contributed by atoms with Crippen LogP contribution in [-0.2, 0) is 4.74 Å². The third-order valence-corrected chi connectivity index (χ3v) is 4.31. The summed E-state index contributed by atoms with van der Waals surface area (Å²) in [5, 5.41) is 0.772. The second kappa shape index (κ2) is 6.57. The molecule has 1 aromatic heterocycles. The summed E-state index contributed by atoms with van der Waals surface area (Å²) in [5.41, 5.74) is 1.46. The van der Waals surface area contributed by atoms with Crippen LogP contribution in [0.2, 0.25) is 0 Å². The molecule has 0 bridgehead atoms. The van der Waals surface area contributed by atoms with E-state index < -0.39 is 17.9 Å². The van der Waals surface area contributed by atoms with Crippen LogP contribution in [0.3, 0.4) is 0 Å². The molecule has 1 atom stereocenters. The van der Waals surface area contributed by atoms with Gasteiger partial charge >= 0.3 is 5.97 Å². The first-order chi connectivity index (χ1) is 11.5. The number of benzene rings is 2. The molecule has 2 aromatic carbocycles. The number of fused-ring (bicyclic) bond motifs is 1. The Morgan fingerprint density at radius 2 is 1.92 bits per heavy atom. The van der Waals surface area contributed by atoms with E-state index in [1.54, 1.807) is 6.20 Å². The lowest BCUT2D eigenvalue weighted by atomic mass is 10.1. The number of carbonyl (C=O) groups excluding carboxylic acids is 2. The highest BCUT2D eigenvalue weighted by atomic mass is 79.9. The summed E-state index contributed by atoms with van der Waals surface area (Å²) in [6.45, 7) is 1.51. The molecule has 0 spiro atoms. The van der Waals surface area contributed by atoms with Crippen molar-refractivity contribution in [1.29, 1.82) is 0 Å². The molecule has 3 aromatic rings. The molecule has 0 aliphatic rings. The normalized spacial score (nSPS) is 12.1. The van der Waals surface area contributed by atoms with Gasteiger partial charge in [-0.15, -0.1) is 0 Å². The third-order valence-electron chi connectivity index (χ3n) is 3.66. The van der Waals surface area contributed by atoms with Crippen LogP contribution < -0.4 is 0 Å². The van der Waals surface area contributed by atoms with E-state index in [1.807, 2.05) is 24.3 Å². The minimum Gasteiger partial charge on any atom is -0.451 e. The van der Waals surface area contributed by atoms with E-state index in [1.165, 1.54) is 19.1 Å². The molecule has 1 heterocycles. The summed E-state index contributed by atoms with van der Waals surface area (Å²) in [4.78, 5) is 27.8. The van der Waals surface area contributed by atoms with Gasteiger partial charge in [0, 0.05) is 27.1 Å². The Kier molecular flexibility index (Phi) is 4.49. The quantitative estimate of drug-likeness (QED) is 0.527. The number of nitrogens with one attached hydrogen (secondary N) is 1. The lowest BCUT2D eigenvalue weighted by Gasteiger charge is -2.12. The van der Waals surface area contributed by atoms with Gasteiger partial charge in [0.05, 0.1) is 5.56 Å². The van der Waals surface area contributed by atoms with Crippen LogP contribution in [0, 0.1) is 5.82 Å². The van der Waals surface area contributed by atoms with Crippen LogP contribution in [0.4, 0.5) is 4.39 Å². The monoisotopic (exact) mass is 389 g/mol. The molecule has 0 fully saturated rings. The van der Waals surface area contributed by atoms with Crippen molar-refractivity contribution >= 4 is 38.6 Å².